The molecule has 1 heterocycles. The van der Waals surface area contributed by atoms with E-state index in [4.69, 9.17) is 11.6 Å². The fourth-order valence-corrected chi connectivity index (χ4v) is 3.88. The third-order valence-electron chi connectivity index (χ3n) is 3.74. The minimum absolute atomic E-state index is 0.646. The van der Waals surface area contributed by atoms with Crippen LogP contribution in [0.25, 0.3) is 0 Å². The number of benzene rings is 1. The Morgan fingerprint density at radius 2 is 2.24 bits per heavy atom. The first-order chi connectivity index (χ1) is 8.11. The molecule has 0 bridgehead atoms. The number of alkyl halides is 1. The monoisotopic (exact) mass is 315 g/mol. The van der Waals surface area contributed by atoms with Gasteiger partial charge in [0.2, 0.25) is 0 Å². The lowest BCUT2D eigenvalue weighted by Crippen LogP contribution is -2.33. The maximum Gasteiger partial charge on any atom is 0.0453 e. The smallest absolute Gasteiger partial charge is 0.0453 e. The first-order valence-corrected chi connectivity index (χ1v) is 7.67. The highest BCUT2D eigenvalue weighted by Gasteiger charge is 2.30. The second-order valence-corrected chi connectivity index (χ2v) is 6.11. The van der Waals surface area contributed by atoms with Crippen LogP contribution in [-0.2, 0) is 6.54 Å². The molecule has 0 N–H and O–H groups in total. The van der Waals surface area contributed by atoms with Gasteiger partial charge in [-0.25, -0.2) is 0 Å². The molecule has 1 aromatic carbocycles. The standard InChI is InChI=1S/C14H19BrClN/c1-10-3-4-12(13(16)7-10)9-17-6-5-11(2)14(17)8-15/h3-4,7,11,14H,5-6,8-9H2,1-2H3. The summed E-state index contributed by atoms with van der Waals surface area (Å²) in [5, 5.41) is 1.95. The molecule has 2 rings (SSSR count). The Hall–Kier alpha value is -0.0500. The molecule has 0 amide bonds. The zero-order valence-electron chi connectivity index (χ0n) is 10.4. The van der Waals surface area contributed by atoms with Crippen LogP contribution in [0.4, 0.5) is 0 Å². The summed E-state index contributed by atoms with van der Waals surface area (Å²) in [7, 11) is 0. The number of hydrogen-bond donors (Lipinski definition) is 0. The van der Waals surface area contributed by atoms with Gasteiger partial charge in [0.15, 0.2) is 0 Å². The minimum Gasteiger partial charge on any atom is -0.295 e. The molecule has 1 aliphatic rings. The topological polar surface area (TPSA) is 3.24 Å². The van der Waals surface area contributed by atoms with E-state index in [-0.39, 0.29) is 0 Å². The summed E-state index contributed by atoms with van der Waals surface area (Å²) in [6.07, 6.45) is 1.29. The van der Waals surface area contributed by atoms with E-state index in [2.05, 4.69) is 52.9 Å². The molecule has 0 saturated carbocycles. The molecular weight excluding hydrogens is 298 g/mol. The first kappa shape index (κ1) is 13.4. The molecular formula is C14H19BrClN. The Balaban J connectivity index is 2.10. The van der Waals surface area contributed by atoms with Gasteiger partial charge in [-0.15, -0.1) is 0 Å². The first-order valence-electron chi connectivity index (χ1n) is 6.17. The number of nitrogens with zero attached hydrogens (tertiary/aromatic N) is 1. The van der Waals surface area contributed by atoms with Crippen molar-refractivity contribution in [3.05, 3.63) is 34.3 Å². The molecule has 1 nitrogen and oxygen atoms in total. The minimum atomic E-state index is 0.646. The van der Waals surface area contributed by atoms with E-state index < -0.39 is 0 Å². The summed E-state index contributed by atoms with van der Waals surface area (Å²) < 4.78 is 0. The van der Waals surface area contributed by atoms with Gasteiger partial charge in [0.1, 0.15) is 0 Å². The van der Waals surface area contributed by atoms with Crippen LogP contribution in [-0.4, -0.2) is 22.8 Å². The maximum atomic E-state index is 6.30. The van der Waals surface area contributed by atoms with Crippen LogP contribution >= 0.6 is 27.5 Å². The van der Waals surface area contributed by atoms with E-state index in [1.54, 1.807) is 0 Å². The van der Waals surface area contributed by atoms with Gasteiger partial charge in [0.25, 0.3) is 0 Å². The van der Waals surface area contributed by atoms with Crippen LogP contribution in [0.3, 0.4) is 0 Å². The molecule has 0 spiro atoms. The highest BCUT2D eigenvalue weighted by atomic mass is 79.9. The van der Waals surface area contributed by atoms with Crippen LogP contribution in [0.2, 0.25) is 5.02 Å². The molecule has 1 fully saturated rings. The predicted molar refractivity (Wildman–Crippen MR) is 78.0 cm³/mol. The Bertz CT molecular complexity index is 394. The van der Waals surface area contributed by atoms with Gasteiger partial charge >= 0.3 is 0 Å². The molecule has 2 unspecified atom stereocenters. The van der Waals surface area contributed by atoms with Crippen molar-refractivity contribution in [3.8, 4) is 0 Å². The van der Waals surface area contributed by atoms with Crippen LogP contribution in [0.1, 0.15) is 24.5 Å². The van der Waals surface area contributed by atoms with Crippen molar-refractivity contribution in [1.29, 1.82) is 0 Å². The van der Waals surface area contributed by atoms with E-state index >= 15 is 0 Å². The summed E-state index contributed by atoms with van der Waals surface area (Å²) in [6.45, 7) is 6.57. The molecule has 3 heteroatoms. The van der Waals surface area contributed by atoms with Gasteiger partial charge in [-0.3, -0.25) is 4.90 Å². The molecule has 2 atom stereocenters. The summed E-state index contributed by atoms with van der Waals surface area (Å²) in [5.74, 6) is 0.776. The highest BCUT2D eigenvalue weighted by molar-refractivity contribution is 9.09. The van der Waals surface area contributed by atoms with E-state index in [0.29, 0.717) is 6.04 Å². The normalized spacial score (nSPS) is 25.4. The quantitative estimate of drug-likeness (QED) is 0.753. The SMILES string of the molecule is Cc1ccc(CN2CCC(C)C2CBr)c(Cl)c1. The Kier molecular flexibility index (Phi) is 4.51. The fraction of sp³-hybridized carbons (Fsp3) is 0.571. The van der Waals surface area contributed by atoms with Gasteiger partial charge in [-0.05, 0) is 43.0 Å². The van der Waals surface area contributed by atoms with E-state index in [9.17, 15) is 0 Å². The van der Waals surface area contributed by atoms with Crippen molar-refractivity contribution >= 4 is 27.5 Å². The predicted octanol–water partition coefficient (Wildman–Crippen LogP) is 4.25. The lowest BCUT2D eigenvalue weighted by molar-refractivity contribution is 0.244. The molecule has 0 aromatic heterocycles. The second-order valence-electron chi connectivity index (χ2n) is 5.05. The van der Waals surface area contributed by atoms with Crippen molar-refractivity contribution in [3.63, 3.8) is 0 Å². The number of hydrogen-bond acceptors (Lipinski definition) is 1. The van der Waals surface area contributed by atoms with Crippen molar-refractivity contribution < 1.29 is 0 Å². The molecule has 1 saturated heterocycles. The number of halogens is 2. The van der Waals surface area contributed by atoms with Crippen molar-refractivity contribution in [2.45, 2.75) is 32.9 Å². The van der Waals surface area contributed by atoms with Gasteiger partial charge in [0.05, 0.1) is 0 Å². The van der Waals surface area contributed by atoms with Crippen molar-refractivity contribution in [1.82, 2.24) is 4.90 Å². The lowest BCUT2D eigenvalue weighted by Gasteiger charge is -2.25. The van der Waals surface area contributed by atoms with E-state index in [0.717, 1.165) is 22.8 Å². The van der Waals surface area contributed by atoms with Crippen molar-refractivity contribution in [2.75, 3.05) is 11.9 Å². The Labute approximate surface area is 117 Å². The number of likely N-dealkylation sites (tertiary alicyclic amines) is 1. The van der Waals surface area contributed by atoms with Crippen molar-refractivity contribution in [2.24, 2.45) is 5.92 Å². The molecule has 0 radical (unpaired) electrons. The zero-order valence-corrected chi connectivity index (χ0v) is 12.8. The van der Waals surface area contributed by atoms with Gasteiger partial charge in [-0.2, -0.15) is 0 Å². The molecule has 1 aromatic rings. The van der Waals surface area contributed by atoms with Gasteiger partial charge in [0, 0.05) is 22.9 Å². The van der Waals surface area contributed by atoms with Gasteiger partial charge in [-0.1, -0.05) is 46.6 Å². The largest absolute Gasteiger partial charge is 0.295 e. The molecule has 0 aliphatic carbocycles. The lowest BCUT2D eigenvalue weighted by atomic mass is 10.0. The van der Waals surface area contributed by atoms with E-state index in [1.807, 2.05) is 0 Å². The Morgan fingerprint density at radius 1 is 1.47 bits per heavy atom. The fourth-order valence-electron chi connectivity index (χ4n) is 2.53. The summed E-state index contributed by atoms with van der Waals surface area (Å²) in [6, 6.07) is 7.00. The van der Waals surface area contributed by atoms with E-state index in [1.165, 1.54) is 24.1 Å². The average molecular weight is 317 g/mol. The Morgan fingerprint density at radius 3 is 2.88 bits per heavy atom. The number of aryl methyl sites for hydroxylation is 1. The van der Waals surface area contributed by atoms with Crippen LogP contribution in [0.5, 0.6) is 0 Å². The third kappa shape index (κ3) is 3.04. The zero-order chi connectivity index (χ0) is 12.4. The average Bonchev–Trinajstić information content (AvgIpc) is 2.63. The maximum absolute atomic E-state index is 6.30. The summed E-state index contributed by atoms with van der Waals surface area (Å²) in [4.78, 5) is 2.54. The second kappa shape index (κ2) is 5.73. The third-order valence-corrected chi connectivity index (χ3v) is 4.75. The highest BCUT2D eigenvalue weighted by Crippen LogP contribution is 2.28. The summed E-state index contributed by atoms with van der Waals surface area (Å²) >= 11 is 9.92. The molecule has 94 valence electrons. The van der Waals surface area contributed by atoms with Crippen LogP contribution in [0.15, 0.2) is 18.2 Å². The van der Waals surface area contributed by atoms with Gasteiger partial charge < -0.3 is 0 Å². The molecule has 17 heavy (non-hydrogen) atoms. The number of rotatable bonds is 3. The van der Waals surface area contributed by atoms with Crippen LogP contribution in [0, 0.1) is 12.8 Å². The molecule has 1 aliphatic heterocycles. The van der Waals surface area contributed by atoms with Crippen LogP contribution < -0.4 is 0 Å². The summed E-state index contributed by atoms with van der Waals surface area (Å²) in [5.41, 5.74) is 2.47.